The Hall–Kier alpha value is -2.42. The molecule has 108 valence electrons. The van der Waals surface area contributed by atoms with Gasteiger partial charge in [-0.15, -0.1) is 0 Å². The SMILES string of the molecule is Cc1cc2ccccc2n1CCCOc1ccc(N)cc1. The molecule has 0 fully saturated rings. The molecule has 3 aromatic rings. The molecule has 0 spiro atoms. The largest absolute Gasteiger partial charge is 0.494 e. The Kier molecular flexibility index (Phi) is 3.82. The van der Waals surface area contributed by atoms with Gasteiger partial charge in [0.2, 0.25) is 0 Å². The van der Waals surface area contributed by atoms with Gasteiger partial charge in [0.25, 0.3) is 0 Å². The standard InChI is InChI=1S/C18H20N2O/c1-14-13-15-5-2-3-6-18(15)20(14)11-4-12-21-17-9-7-16(19)8-10-17/h2-3,5-10,13H,4,11-12,19H2,1H3. The Morgan fingerprint density at radius 2 is 1.81 bits per heavy atom. The van der Waals surface area contributed by atoms with Crippen molar-refractivity contribution in [3.63, 3.8) is 0 Å². The highest BCUT2D eigenvalue weighted by Gasteiger charge is 2.04. The van der Waals surface area contributed by atoms with Crippen molar-refractivity contribution in [1.29, 1.82) is 0 Å². The van der Waals surface area contributed by atoms with Crippen molar-refractivity contribution < 1.29 is 4.74 Å². The monoisotopic (exact) mass is 280 g/mol. The maximum atomic E-state index is 5.74. The average Bonchev–Trinajstić information content (AvgIpc) is 2.81. The molecule has 2 aromatic carbocycles. The van der Waals surface area contributed by atoms with Crippen LogP contribution in [-0.4, -0.2) is 11.2 Å². The van der Waals surface area contributed by atoms with Crippen molar-refractivity contribution in [2.75, 3.05) is 12.3 Å². The van der Waals surface area contributed by atoms with Crippen LogP contribution in [0.25, 0.3) is 10.9 Å². The van der Waals surface area contributed by atoms with Crippen molar-refractivity contribution >= 4 is 16.6 Å². The second-order valence-corrected chi connectivity index (χ2v) is 5.27. The maximum absolute atomic E-state index is 5.74. The molecule has 2 N–H and O–H groups in total. The molecule has 3 nitrogen and oxygen atoms in total. The summed E-state index contributed by atoms with van der Waals surface area (Å²) >= 11 is 0. The summed E-state index contributed by atoms with van der Waals surface area (Å²) in [5, 5.41) is 1.30. The lowest BCUT2D eigenvalue weighted by Crippen LogP contribution is -2.05. The van der Waals surface area contributed by atoms with Crippen LogP contribution in [0.1, 0.15) is 12.1 Å². The molecule has 0 amide bonds. The van der Waals surface area contributed by atoms with Gasteiger partial charge in [-0.2, -0.15) is 0 Å². The van der Waals surface area contributed by atoms with Crippen LogP contribution in [0.5, 0.6) is 5.75 Å². The van der Waals surface area contributed by atoms with E-state index in [2.05, 4.69) is 41.8 Å². The fourth-order valence-corrected chi connectivity index (χ4v) is 2.62. The predicted molar refractivity (Wildman–Crippen MR) is 87.6 cm³/mol. The van der Waals surface area contributed by atoms with Gasteiger partial charge < -0.3 is 15.0 Å². The average molecular weight is 280 g/mol. The molecule has 0 aliphatic carbocycles. The number of fused-ring (bicyclic) bond motifs is 1. The number of nitrogens with zero attached hydrogens (tertiary/aromatic N) is 1. The highest BCUT2D eigenvalue weighted by molar-refractivity contribution is 5.81. The summed E-state index contributed by atoms with van der Waals surface area (Å²) in [7, 11) is 0. The molecule has 21 heavy (non-hydrogen) atoms. The minimum Gasteiger partial charge on any atom is -0.494 e. The first-order valence-electron chi connectivity index (χ1n) is 7.27. The van der Waals surface area contributed by atoms with Gasteiger partial charge in [-0.25, -0.2) is 0 Å². The van der Waals surface area contributed by atoms with E-state index in [9.17, 15) is 0 Å². The Labute approximate surface area is 125 Å². The van der Waals surface area contributed by atoms with Crippen molar-refractivity contribution in [3.05, 3.63) is 60.3 Å². The van der Waals surface area contributed by atoms with Gasteiger partial charge in [-0.05, 0) is 55.1 Å². The highest BCUT2D eigenvalue weighted by Crippen LogP contribution is 2.19. The van der Waals surface area contributed by atoms with Crippen LogP contribution in [0.3, 0.4) is 0 Å². The number of hydrogen-bond donors (Lipinski definition) is 1. The van der Waals surface area contributed by atoms with Crippen molar-refractivity contribution in [2.45, 2.75) is 19.9 Å². The predicted octanol–water partition coefficient (Wildman–Crippen LogP) is 4.00. The lowest BCUT2D eigenvalue weighted by Gasteiger charge is -2.10. The lowest BCUT2D eigenvalue weighted by molar-refractivity contribution is 0.302. The third kappa shape index (κ3) is 3.02. The van der Waals surface area contributed by atoms with Crippen LogP contribution in [0.15, 0.2) is 54.6 Å². The van der Waals surface area contributed by atoms with E-state index in [0.717, 1.165) is 24.4 Å². The van der Waals surface area contributed by atoms with E-state index < -0.39 is 0 Å². The molecular formula is C18H20N2O. The van der Waals surface area contributed by atoms with Crippen LogP contribution in [0.2, 0.25) is 0 Å². The molecule has 0 bridgehead atoms. The van der Waals surface area contributed by atoms with E-state index in [4.69, 9.17) is 10.5 Å². The van der Waals surface area contributed by atoms with Gasteiger partial charge >= 0.3 is 0 Å². The summed E-state index contributed by atoms with van der Waals surface area (Å²) < 4.78 is 8.09. The molecule has 0 aliphatic heterocycles. The molecular weight excluding hydrogens is 260 g/mol. The van der Waals surface area contributed by atoms with Crippen molar-refractivity contribution in [2.24, 2.45) is 0 Å². The Morgan fingerprint density at radius 1 is 1.05 bits per heavy atom. The third-order valence-electron chi connectivity index (χ3n) is 3.69. The van der Waals surface area contributed by atoms with Gasteiger partial charge in [0.05, 0.1) is 6.61 Å². The van der Waals surface area contributed by atoms with E-state index in [-0.39, 0.29) is 0 Å². The lowest BCUT2D eigenvalue weighted by atomic mass is 10.2. The fourth-order valence-electron chi connectivity index (χ4n) is 2.62. The van der Waals surface area contributed by atoms with Gasteiger partial charge in [0.15, 0.2) is 0 Å². The summed E-state index contributed by atoms with van der Waals surface area (Å²) in [5.41, 5.74) is 9.01. The number of benzene rings is 2. The van der Waals surface area contributed by atoms with Crippen LogP contribution in [0.4, 0.5) is 5.69 Å². The number of nitrogen functional groups attached to an aromatic ring is 1. The molecule has 3 rings (SSSR count). The normalized spacial score (nSPS) is 10.9. The first kappa shape index (κ1) is 13.6. The first-order chi connectivity index (χ1) is 10.2. The van der Waals surface area contributed by atoms with Crippen molar-refractivity contribution in [3.8, 4) is 5.75 Å². The van der Waals surface area contributed by atoms with Gasteiger partial charge in [0.1, 0.15) is 5.75 Å². The van der Waals surface area contributed by atoms with E-state index in [1.165, 1.54) is 16.6 Å². The molecule has 3 heteroatoms. The number of ether oxygens (including phenoxy) is 1. The Balaban J connectivity index is 1.59. The van der Waals surface area contributed by atoms with E-state index in [0.29, 0.717) is 6.61 Å². The maximum Gasteiger partial charge on any atom is 0.119 e. The number of nitrogens with two attached hydrogens (primary N) is 1. The van der Waals surface area contributed by atoms with Crippen LogP contribution in [0, 0.1) is 6.92 Å². The summed E-state index contributed by atoms with van der Waals surface area (Å²) in [4.78, 5) is 0. The second-order valence-electron chi connectivity index (χ2n) is 5.27. The molecule has 0 saturated heterocycles. The Morgan fingerprint density at radius 3 is 2.62 bits per heavy atom. The van der Waals surface area contributed by atoms with E-state index in [1.807, 2.05) is 24.3 Å². The van der Waals surface area contributed by atoms with Gasteiger partial charge in [-0.1, -0.05) is 18.2 Å². The summed E-state index contributed by atoms with van der Waals surface area (Å²) in [6, 6.07) is 18.3. The molecule has 1 heterocycles. The van der Waals surface area contributed by atoms with Gasteiger partial charge in [0, 0.05) is 23.4 Å². The minimum atomic E-state index is 0.704. The summed E-state index contributed by atoms with van der Waals surface area (Å²) in [5.74, 6) is 0.873. The summed E-state index contributed by atoms with van der Waals surface area (Å²) in [6.07, 6.45) is 0.976. The number of para-hydroxylation sites is 1. The minimum absolute atomic E-state index is 0.704. The van der Waals surface area contributed by atoms with Gasteiger partial charge in [-0.3, -0.25) is 0 Å². The van der Waals surface area contributed by atoms with Crippen LogP contribution >= 0.6 is 0 Å². The van der Waals surface area contributed by atoms with E-state index >= 15 is 0 Å². The molecule has 0 saturated carbocycles. The molecule has 0 unspecified atom stereocenters. The number of aromatic nitrogens is 1. The van der Waals surface area contributed by atoms with Crippen molar-refractivity contribution in [1.82, 2.24) is 4.57 Å². The zero-order valence-corrected chi connectivity index (χ0v) is 12.3. The zero-order valence-electron chi connectivity index (χ0n) is 12.3. The molecule has 0 atom stereocenters. The molecule has 0 radical (unpaired) electrons. The number of anilines is 1. The third-order valence-corrected chi connectivity index (χ3v) is 3.69. The van der Waals surface area contributed by atoms with Crippen LogP contribution in [-0.2, 0) is 6.54 Å². The first-order valence-corrected chi connectivity index (χ1v) is 7.27. The topological polar surface area (TPSA) is 40.2 Å². The number of rotatable bonds is 5. The fraction of sp³-hybridized carbons (Fsp3) is 0.222. The highest BCUT2D eigenvalue weighted by atomic mass is 16.5. The smallest absolute Gasteiger partial charge is 0.119 e. The number of hydrogen-bond acceptors (Lipinski definition) is 2. The van der Waals surface area contributed by atoms with Crippen LogP contribution < -0.4 is 10.5 Å². The second kappa shape index (κ2) is 5.92. The quantitative estimate of drug-likeness (QED) is 0.567. The summed E-state index contributed by atoms with van der Waals surface area (Å²) in [6.45, 7) is 3.82. The Bertz CT molecular complexity index is 729. The zero-order chi connectivity index (χ0) is 14.7. The molecule has 1 aromatic heterocycles. The molecule has 0 aliphatic rings. The number of aryl methyl sites for hydroxylation is 2. The van der Waals surface area contributed by atoms with E-state index in [1.54, 1.807) is 0 Å².